The molecule has 1 heterocycles. The van der Waals surface area contributed by atoms with Crippen LogP contribution in [0.3, 0.4) is 0 Å². The second-order valence-corrected chi connectivity index (χ2v) is 10.6. The molecular formula is C28H33N3O5. The van der Waals surface area contributed by atoms with Gasteiger partial charge in [-0.15, -0.1) is 0 Å². The molecule has 1 unspecified atom stereocenters. The first-order valence-corrected chi connectivity index (χ1v) is 12.3. The minimum atomic E-state index is -0.807. The number of nitrogens with zero attached hydrogens (tertiary/aromatic N) is 1. The molecule has 8 nitrogen and oxygen atoms in total. The number of carbonyl (C=O) groups is 4. The molecular weight excluding hydrogens is 458 g/mol. The molecule has 0 bridgehead atoms. The Labute approximate surface area is 211 Å². The van der Waals surface area contributed by atoms with Crippen molar-refractivity contribution in [3.8, 4) is 0 Å². The number of piperazine rings is 1. The molecule has 8 heteroatoms. The summed E-state index contributed by atoms with van der Waals surface area (Å²) in [5.41, 5.74) is 1.38. The van der Waals surface area contributed by atoms with E-state index >= 15 is 0 Å². The minimum Gasteiger partial charge on any atom is -0.444 e. The van der Waals surface area contributed by atoms with Crippen LogP contribution in [0.2, 0.25) is 0 Å². The van der Waals surface area contributed by atoms with Crippen molar-refractivity contribution in [1.82, 2.24) is 15.5 Å². The number of hydrogen-bond acceptors (Lipinski definition) is 6. The molecule has 2 aromatic rings. The molecule has 2 aliphatic rings. The maximum Gasteiger partial charge on any atom is 0.408 e. The van der Waals surface area contributed by atoms with Gasteiger partial charge in [-0.3, -0.25) is 14.4 Å². The van der Waals surface area contributed by atoms with E-state index in [4.69, 9.17) is 4.74 Å². The number of rotatable bonds is 4. The van der Waals surface area contributed by atoms with Crippen LogP contribution in [0.5, 0.6) is 0 Å². The van der Waals surface area contributed by atoms with Gasteiger partial charge in [0.05, 0.1) is 6.04 Å². The fraction of sp³-hybridized carbons (Fsp3) is 0.429. The highest BCUT2D eigenvalue weighted by Crippen LogP contribution is 2.35. The lowest BCUT2D eigenvalue weighted by atomic mass is 9.80. The average molecular weight is 492 g/mol. The third kappa shape index (κ3) is 4.91. The summed E-state index contributed by atoms with van der Waals surface area (Å²) >= 11 is 0. The van der Waals surface area contributed by atoms with E-state index in [-0.39, 0.29) is 23.4 Å². The number of fused-ring (bicyclic) bond motifs is 2. The van der Waals surface area contributed by atoms with Gasteiger partial charge in [0.15, 0.2) is 11.6 Å². The van der Waals surface area contributed by atoms with Crippen LogP contribution in [0.25, 0.3) is 0 Å². The molecule has 2 amide bonds. The van der Waals surface area contributed by atoms with Gasteiger partial charge in [0.1, 0.15) is 11.6 Å². The van der Waals surface area contributed by atoms with Gasteiger partial charge in [0, 0.05) is 41.9 Å². The Bertz CT molecular complexity index is 1210. The predicted molar refractivity (Wildman–Crippen MR) is 135 cm³/mol. The van der Waals surface area contributed by atoms with Gasteiger partial charge in [0.2, 0.25) is 5.91 Å². The molecule has 1 fully saturated rings. The van der Waals surface area contributed by atoms with Crippen LogP contribution in [-0.2, 0) is 9.53 Å². The van der Waals surface area contributed by atoms with Crippen molar-refractivity contribution in [3.05, 3.63) is 70.3 Å². The van der Waals surface area contributed by atoms with Crippen LogP contribution in [0.4, 0.5) is 4.79 Å². The Hall–Kier alpha value is -3.52. The van der Waals surface area contributed by atoms with Crippen molar-refractivity contribution >= 4 is 23.6 Å². The number of benzene rings is 2. The number of nitrogens with one attached hydrogen (secondary N) is 2. The second kappa shape index (κ2) is 9.85. The fourth-order valence-corrected chi connectivity index (χ4v) is 4.82. The van der Waals surface area contributed by atoms with Gasteiger partial charge in [-0.2, -0.15) is 0 Å². The first-order valence-electron chi connectivity index (χ1n) is 12.3. The molecule has 2 N–H and O–H groups in total. The zero-order chi connectivity index (χ0) is 26.2. The predicted octanol–water partition coefficient (Wildman–Crippen LogP) is 3.48. The molecule has 0 saturated carbocycles. The largest absolute Gasteiger partial charge is 0.444 e. The smallest absolute Gasteiger partial charge is 0.408 e. The Balaban J connectivity index is 1.69. The summed E-state index contributed by atoms with van der Waals surface area (Å²) in [7, 11) is 0. The molecule has 36 heavy (non-hydrogen) atoms. The number of hydrogen-bond donors (Lipinski definition) is 2. The van der Waals surface area contributed by atoms with Crippen LogP contribution < -0.4 is 10.6 Å². The summed E-state index contributed by atoms with van der Waals surface area (Å²) in [5, 5.41) is 6.05. The van der Waals surface area contributed by atoms with Crippen molar-refractivity contribution in [2.45, 2.75) is 52.3 Å². The number of ketones is 2. The van der Waals surface area contributed by atoms with Crippen LogP contribution in [0.15, 0.2) is 42.5 Å². The standard InChI is InChI=1S/C28H33N3O5/c1-16(2)23(30-27(35)36-28(3,4)5)26(34)31-14-13-29-15-21(31)19-11-8-12-20-22(19)25(33)18-10-7-6-9-17(18)24(20)32/h6-12,16,21,23,29H,13-15H2,1-5H3,(H,30,35)/t21?,23-/m0/s1. The van der Waals surface area contributed by atoms with Gasteiger partial charge in [-0.05, 0) is 32.3 Å². The maximum absolute atomic E-state index is 13.8. The number of ether oxygens (including phenoxy) is 1. The Morgan fingerprint density at radius 2 is 1.64 bits per heavy atom. The monoisotopic (exact) mass is 491 g/mol. The van der Waals surface area contributed by atoms with Gasteiger partial charge in [-0.1, -0.05) is 56.3 Å². The van der Waals surface area contributed by atoms with E-state index in [9.17, 15) is 19.2 Å². The highest BCUT2D eigenvalue weighted by molar-refractivity contribution is 6.28. The summed E-state index contributed by atoms with van der Waals surface area (Å²) < 4.78 is 5.39. The number of carbonyl (C=O) groups excluding carboxylic acids is 4. The summed E-state index contributed by atoms with van der Waals surface area (Å²) in [4.78, 5) is 54.8. The second-order valence-electron chi connectivity index (χ2n) is 10.6. The van der Waals surface area contributed by atoms with E-state index < -0.39 is 23.8 Å². The van der Waals surface area contributed by atoms with E-state index in [1.807, 2.05) is 19.9 Å². The van der Waals surface area contributed by atoms with E-state index in [0.29, 0.717) is 47.5 Å². The van der Waals surface area contributed by atoms with E-state index in [0.717, 1.165) is 0 Å². The lowest BCUT2D eigenvalue weighted by Gasteiger charge is -2.40. The van der Waals surface area contributed by atoms with E-state index in [2.05, 4.69) is 10.6 Å². The topological polar surface area (TPSA) is 105 Å². The Kier molecular flexibility index (Phi) is 7.00. The third-order valence-electron chi connectivity index (χ3n) is 6.48. The van der Waals surface area contributed by atoms with Crippen LogP contribution >= 0.6 is 0 Å². The van der Waals surface area contributed by atoms with Crippen molar-refractivity contribution in [3.63, 3.8) is 0 Å². The lowest BCUT2D eigenvalue weighted by molar-refractivity contribution is -0.138. The van der Waals surface area contributed by atoms with Crippen molar-refractivity contribution in [1.29, 1.82) is 0 Å². The number of amides is 2. The van der Waals surface area contributed by atoms with Crippen molar-refractivity contribution in [2.24, 2.45) is 5.92 Å². The highest BCUT2D eigenvalue weighted by Gasteiger charge is 2.39. The molecule has 4 rings (SSSR count). The maximum atomic E-state index is 13.8. The zero-order valence-electron chi connectivity index (χ0n) is 21.4. The molecule has 0 aromatic heterocycles. The van der Waals surface area contributed by atoms with E-state index in [1.54, 1.807) is 62.1 Å². The summed E-state index contributed by atoms with van der Waals surface area (Å²) in [5.74, 6) is -0.869. The van der Waals surface area contributed by atoms with Crippen LogP contribution in [-0.4, -0.2) is 59.7 Å². The Morgan fingerprint density at radius 1 is 1.00 bits per heavy atom. The molecule has 190 valence electrons. The quantitative estimate of drug-likeness (QED) is 0.579. The molecule has 2 aromatic carbocycles. The van der Waals surface area contributed by atoms with Crippen LogP contribution in [0.1, 0.15) is 78.1 Å². The van der Waals surface area contributed by atoms with Gasteiger partial charge in [-0.25, -0.2) is 4.79 Å². The average Bonchev–Trinajstić information content (AvgIpc) is 2.84. The molecule has 0 spiro atoms. The SMILES string of the molecule is CC(C)[C@H](NC(=O)OC(C)(C)C)C(=O)N1CCNCC1c1cccc2c1C(=O)c1ccccc1C2=O. The first kappa shape index (κ1) is 25.6. The lowest BCUT2D eigenvalue weighted by Crippen LogP contribution is -2.57. The number of alkyl carbamates (subject to hydrolysis) is 1. The minimum absolute atomic E-state index is 0.194. The van der Waals surface area contributed by atoms with Crippen LogP contribution in [0, 0.1) is 5.92 Å². The summed E-state index contributed by atoms with van der Waals surface area (Å²) in [6.07, 6.45) is -0.657. The van der Waals surface area contributed by atoms with Gasteiger partial charge in [0.25, 0.3) is 0 Å². The molecule has 0 radical (unpaired) electrons. The summed E-state index contributed by atoms with van der Waals surface area (Å²) in [6, 6.07) is 10.8. The van der Waals surface area contributed by atoms with Crippen molar-refractivity contribution in [2.75, 3.05) is 19.6 Å². The molecule has 1 aliphatic carbocycles. The first-order chi connectivity index (χ1) is 17.0. The van der Waals surface area contributed by atoms with Gasteiger partial charge >= 0.3 is 6.09 Å². The zero-order valence-corrected chi connectivity index (χ0v) is 21.4. The highest BCUT2D eigenvalue weighted by atomic mass is 16.6. The molecule has 1 aliphatic heterocycles. The van der Waals surface area contributed by atoms with Crippen molar-refractivity contribution < 1.29 is 23.9 Å². The molecule has 1 saturated heterocycles. The third-order valence-corrected chi connectivity index (χ3v) is 6.48. The fourth-order valence-electron chi connectivity index (χ4n) is 4.82. The normalized spacial score (nSPS) is 18.4. The van der Waals surface area contributed by atoms with E-state index in [1.165, 1.54) is 0 Å². The molecule has 2 atom stereocenters. The van der Waals surface area contributed by atoms with Gasteiger partial charge < -0.3 is 20.3 Å². The Morgan fingerprint density at radius 3 is 2.28 bits per heavy atom. The summed E-state index contributed by atoms with van der Waals surface area (Å²) in [6.45, 7) is 10.4.